The second-order valence-corrected chi connectivity index (χ2v) is 7.87. The number of nitrogens with zero attached hydrogens (tertiary/aromatic N) is 4. The molecule has 0 aliphatic carbocycles. The molecule has 2 fully saturated rings. The van der Waals surface area contributed by atoms with Gasteiger partial charge in [-0.3, -0.25) is 29.5 Å². The van der Waals surface area contributed by atoms with Crippen LogP contribution in [0.5, 0.6) is 5.75 Å². The first-order valence-corrected chi connectivity index (χ1v) is 10.2. The average molecular weight is 446 g/mol. The van der Waals surface area contributed by atoms with Crippen molar-refractivity contribution in [2.24, 2.45) is 16.9 Å². The first kappa shape index (κ1) is 20.6. The number of fused-ring (bicyclic) bond motifs is 3. The van der Waals surface area contributed by atoms with Gasteiger partial charge < -0.3 is 4.74 Å². The maximum Gasteiger partial charge on any atom is 0.271 e. The first-order chi connectivity index (χ1) is 15.9. The number of imide groups is 1. The molecule has 0 N–H and O–H groups in total. The Kier molecular flexibility index (Phi) is 4.77. The van der Waals surface area contributed by atoms with Crippen molar-refractivity contribution in [2.45, 2.75) is 12.1 Å². The number of benzene rings is 2. The van der Waals surface area contributed by atoms with Gasteiger partial charge in [-0.05, 0) is 12.1 Å². The lowest BCUT2D eigenvalue weighted by Crippen LogP contribution is -2.46. The number of hydrazone groups is 1. The number of amides is 2. The quantitative estimate of drug-likeness (QED) is 0.299. The molecule has 3 heterocycles. The Bertz CT molecular complexity index is 1240. The molecule has 0 aromatic heterocycles. The lowest BCUT2D eigenvalue weighted by molar-refractivity contribution is -0.384. The van der Waals surface area contributed by atoms with Crippen LogP contribution in [0.2, 0.25) is 0 Å². The van der Waals surface area contributed by atoms with E-state index in [4.69, 9.17) is 4.74 Å². The number of hydrogen-bond donors (Lipinski definition) is 0. The number of non-ortho nitro benzene ring substituents is 1. The van der Waals surface area contributed by atoms with Crippen LogP contribution in [0, 0.1) is 22.0 Å². The van der Waals surface area contributed by atoms with E-state index in [1.165, 1.54) is 30.5 Å². The number of Topliss-reactive ketones (excluding diaryl/α,β-unsaturated/α-hetero) is 1. The topological polar surface area (TPSA) is 122 Å². The molecule has 0 spiro atoms. The van der Waals surface area contributed by atoms with E-state index in [0.717, 1.165) is 11.0 Å². The molecule has 2 saturated heterocycles. The van der Waals surface area contributed by atoms with Crippen molar-refractivity contribution in [3.05, 3.63) is 76.4 Å². The van der Waals surface area contributed by atoms with Crippen molar-refractivity contribution in [2.75, 3.05) is 12.0 Å². The maximum absolute atomic E-state index is 13.7. The van der Waals surface area contributed by atoms with Crippen molar-refractivity contribution in [3.8, 4) is 5.75 Å². The fraction of sp³-hybridized carbons (Fsp3) is 0.217. The van der Waals surface area contributed by atoms with Gasteiger partial charge in [-0.2, -0.15) is 5.10 Å². The zero-order chi connectivity index (χ0) is 23.3. The lowest BCUT2D eigenvalue weighted by Gasteiger charge is -2.30. The Labute approximate surface area is 187 Å². The number of hydrogen-bond acceptors (Lipinski definition) is 8. The number of ether oxygens (including phenoxy) is 1. The van der Waals surface area contributed by atoms with Gasteiger partial charge in [0.05, 0.1) is 29.9 Å². The number of nitro groups is 1. The maximum atomic E-state index is 13.7. The number of anilines is 1. The molecular formula is C23H18N4O6. The van der Waals surface area contributed by atoms with Gasteiger partial charge in [0.15, 0.2) is 5.78 Å². The van der Waals surface area contributed by atoms with Crippen LogP contribution in [-0.2, 0) is 9.59 Å². The third kappa shape index (κ3) is 3.02. The molecule has 3 aliphatic rings. The Morgan fingerprint density at radius 2 is 1.82 bits per heavy atom. The van der Waals surface area contributed by atoms with Crippen LogP contribution in [0.25, 0.3) is 0 Å². The van der Waals surface area contributed by atoms with E-state index < -0.39 is 40.7 Å². The smallest absolute Gasteiger partial charge is 0.271 e. The van der Waals surface area contributed by atoms with Crippen LogP contribution in [-0.4, -0.2) is 52.9 Å². The summed E-state index contributed by atoms with van der Waals surface area (Å²) in [5.74, 6) is -3.22. The predicted octanol–water partition coefficient (Wildman–Crippen LogP) is 2.20. The minimum atomic E-state index is -1.00. The highest BCUT2D eigenvalue weighted by molar-refractivity contribution is 6.25. The molecule has 2 amide bonds. The zero-order valence-electron chi connectivity index (χ0n) is 17.4. The summed E-state index contributed by atoms with van der Waals surface area (Å²) in [6, 6.07) is 10.6. The van der Waals surface area contributed by atoms with Gasteiger partial charge in [0.2, 0.25) is 11.8 Å². The normalized spacial score (nSPS) is 25.2. The Morgan fingerprint density at radius 3 is 2.52 bits per heavy atom. The molecule has 0 bridgehead atoms. The summed E-state index contributed by atoms with van der Waals surface area (Å²) in [4.78, 5) is 52.3. The van der Waals surface area contributed by atoms with E-state index in [1.807, 2.05) is 0 Å². The summed E-state index contributed by atoms with van der Waals surface area (Å²) in [5, 5.41) is 17.1. The minimum Gasteiger partial charge on any atom is -0.495 e. The van der Waals surface area contributed by atoms with E-state index >= 15 is 0 Å². The van der Waals surface area contributed by atoms with Gasteiger partial charge >= 0.3 is 0 Å². The molecule has 10 nitrogen and oxygen atoms in total. The zero-order valence-corrected chi connectivity index (χ0v) is 17.4. The molecule has 0 unspecified atom stereocenters. The number of methoxy groups -OCH3 is 1. The van der Waals surface area contributed by atoms with Crippen molar-refractivity contribution < 1.29 is 24.0 Å². The predicted molar refractivity (Wildman–Crippen MR) is 117 cm³/mol. The van der Waals surface area contributed by atoms with Gasteiger partial charge in [-0.25, -0.2) is 4.90 Å². The van der Waals surface area contributed by atoms with Gasteiger partial charge in [-0.15, -0.1) is 0 Å². The highest BCUT2D eigenvalue weighted by Crippen LogP contribution is 2.48. The van der Waals surface area contributed by atoms with Gasteiger partial charge in [0.25, 0.3) is 5.69 Å². The van der Waals surface area contributed by atoms with Gasteiger partial charge in [-0.1, -0.05) is 36.4 Å². The van der Waals surface area contributed by atoms with Crippen LogP contribution in [0.15, 0.2) is 65.8 Å². The van der Waals surface area contributed by atoms with Crippen molar-refractivity contribution in [1.29, 1.82) is 0 Å². The third-order valence-electron chi connectivity index (χ3n) is 6.23. The largest absolute Gasteiger partial charge is 0.495 e. The molecule has 166 valence electrons. The second kappa shape index (κ2) is 7.66. The Balaban J connectivity index is 1.61. The summed E-state index contributed by atoms with van der Waals surface area (Å²) < 4.78 is 5.28. The van der Waals surface area contributed by atoms with Crippen molar-refractivity contribution in [3.63, 3.8) is 0 Å². The SMILES string of the molecule is COc1ccc([N+](=O)[O-])cc1N1C(=O)[C@@H]2[C@H](C1=O)[C@H](C(=O)c1ccccc1)N1N=CC=C[C@@H]21. The molecular weight excluding hydrogens is 428 g/mol. The lowest BCUT2D eigenvalue weighted by atomic mass is 9.86. The molecule has 0 radical (unpaired) electrons. The summed E-state index contributed by atoms with van der Waals surface area (Å²) in [6.07, 6.45) is 4.92. The summed E-state index contributed by atoms with van der Waals surface area (Å²) >= 11 is 0. The number of carbonyl (C=O) groups excluding carboxylic acids is 3. The standard InChI is InChI=1S/C23H18N4O6/c1-33-17-10-9-14(27(31)32)12-16(17)25-22(29)18-15-8-5-11-24-26(15)20(19(18)23(25)30)21(28)13-6-3-2-4-7-13/h2-12,15,18-20H,1H3/t15-,18-,19-,20+/m0/s1. The molecule has 4 atom stereocenters. The second-order valence-electron chi connectivity index (χ2n) is 7.87. The van der Waals surface area contributed by atoms with E-state index in [9.17, 15) is 24.5 Å². The fourth-order valence-corrected chi connectivity index (χ4v) is 4.81. The van der Waals surface area contributed by atoms with Gasteiger partial charge in [0.1, 0.15) is 17.5 Å². The molecule has 33 heavy (non-hydrogen) atoms. The summed E-state index contributed by atoms with van der Waals surface area (Å²) in [6.45, 7) is 0. The Hall–Kier alpha value is -4.34. The first-order valence-electron chi connectivity index (χ1n) is 10.2. The average Bonchev–Trinajstić information content (AvgIpc) is 3.31. The van der Waals surface area contributed by atoms with Crippen LogP contribution in [0.1, 0.15) is 10.4 Å². The minimum absolute atomic E-state index is 0.0168. The van der Waals surface area contributed by atoms with Gasteiger partial charge in [0, 0.05) is 23.9 Å². The molecule has 10 heteroatoms. The number of allylic oxidation sites excluding steroid dienone is 1. The molecule has 2 aromatic carbocycles. The van der Waals surface area contributed by atoms with E-state index in [2.05, 4.69) is 5.10 Å². The Morgan fingerprint density at radius 1 is 1.09 bits per heavy atom. The molecule has 2 aromatic rings. The van der Waals surface area contributed by atoms with E-state index in [-0.39, 0.29) is 22.9 Å². The number of rotatable bonds is 5. The van der Waals surface area contributed by atoms with Crippen LogP contribution >= 0.6 is 0 Å². The van der Waals surface area contributed by atoms with Crippen LogP contribution in [0.3, 0.4) is 0 Å². The van der Waals surface area contributed by atoms with Crippen molar-refractivity contribution in [1.82, 2.24) is 5.01 Å². The summed E-state index contributed by atoms with van der Waals surface area (Å²) in [5.41, 5.74) is 0.0966. The highest BCUT2D eigenvalue weighted by Gasteiger charge is 2.64. The third-order valence-corrected chi connectivity index (χ3v) is 6.23. The summed E-state index contributed by atoms with van der Waals surface area (Å²) in [7, 11) is 1.35. The van der Waals surface area contributed by atoms with E-state index in [1.54, 1.807) is 42.5 Å². The molecule has 0 saturated carbocycles. The number of carbonyl (C=O) groups is 3. The van der Waals surface area contributed by atoms with E-state index in [0.29, 0.717) is 5.56 Å². The van der Waals surface area contributed by atoms with Crippen LogP contribution in [0.4, 0.5) is 11.4 Å². The molecule has 3 aliphatic heterocycles. The van der Waals surface area contributed by atoms with Crippen molar-refractivity contribution >= 4 is 35.2 Å². The molecule has 5 rings (SSSR count). The monoisotopic (exact) mass is 446 g/mol. The van der Waals surface area contributed by atoms with Crippen LogP contribution < -0.4 is 9.64 Å². The number of ketones is 1. The number of nitro benzene ring substituents is 1. The fourth-order valence-electron chi connectivity index (χ4n) is 4.81. The highest BCUT2D eigenvalue weighted by atomic mass is 16.6.